The number of carbonyl (C=O) groups excluding carboxylic acids is 1. The lowest BCUT2D eigenvalue weighted by Crippen LogP contribution is -3.00. The molecule has 0 N–H and O–H groups in total. The molecule has 1 aromatic heterocycles. The molecule has 2 aromatic carbocycles. The van der Waals surface area contributed by atoms with E-state index in [1.54, 1.807) is 13.1 Å². The quantitative estimate of drug-likeness (QED) is 0.397. The average Bonchev–Trinajstić information content (AvgIpc) is 3.47. The number of amides is 1. The molecule has 0 aliphatic carbocycles. The van der Waals surface area contributed by atoms with Crippen molar-refractivity contribution in [1.29, 1.82) is 0 Å². The molecule has 0 saturated carbocycles. The third kappa shape index (κ3) is 6.51. The highest BCUT2D eigenvalue weighted by atomic mass is 35.5. The van der Waals surface area contributed by atoms with Crippen LogP contribution in [0.3, 0.4) is 0 Å². The van der Waals surface area contributed by atoms with Gasteiger partial charge in [0.2, 0.25) is 0 Å². The molecule has 2 aliphatic heterocycles. The number of pyridine rings is 1. The van der Waals surface area contributed by atoms with Crippen LogP contribution in [0, 0.1) is 12.7 Å². The molecule has 1 atom stereocenters. The fraction of sp³-hybridized carbons (Fsp3) is 0.400. The Kier molecular flexibility index (Phi) is 9.76. The third-order valence-corrected chi connectivity index (χ3v) is 8.42. The first-order valence-corrected chi connectivity index (χ1v) is 14.0. The minimum atomic E-state index is -0.587. The van der Waals surface area contributed by atoms with Crippen LogP contribution >= 0.6 is 23.2 Å². The normalized spacial score (nSPS) is 17.1. The van der Waals surface area contributed by atoms with Gasteiger partial charge in [0.1, 0.15) is 17.7 Å². The zero-order valence-electron chi connectivity index (χ0n) is 23.1. The number of nitrogens with zero attached hydrogens (tertiary/aromatic N) is 3. The molecule has 3 aromatic rings. The van der Waals surface area contributed by atoms with Crippen molar-refractivity contribution in [2.75, 3.05) is 26.2 Å². The Morgan fingerprint density at radius 2 is 1.72 bits per heavy atom. The second-order valence-corrected chi connectivity index (χ2v) is 11.0. The standard InChI is InChI=1S/C30H32Cl2FN3O2.ClH/c1-19-27(38-20(2)28-25(31)9-10-26(33)29(28)32)17-23(18-34-19)21-5-7-22(8-6-21)30(37)36-15-11-24(12-16-36)35-13-3-4-14-35;/h5-10,17-18,20,24H,3-4,11-16H2,1-2H3;1H. The van der Waals surface area contributed by atoms with Gasteiger partial charge in [-0.1, -0.05) is 35.3 Å². The molecular formula is C30H33Cl3FN3O2. The molecule has 0 bridgehead atoms. The van der Waals surface area contributed by atoms with E-state index in [2.05, 4.69) is 9.88 Å². The lowest BCUT2D eigenvalue weighted by molar-refractivity contribution is -0.0000201. The van der Waals surface area contributed by atoms with E-state index in [4.69, 9.17) is 27.9 Å². The minimum absolute atomic E-state index is 0. The van der Waals surface area contributed by atoms with Gasteiger partial charge in [0.05, 0.1) is 10.7 Å². The molecule has 1 amide bonds. The highest BCUT2D eigenvalue weighted by molar-refractivity contribution is 6.36. The largest absolute Gasteiger partial charge is 1.00 e. The van der Waals surface area contributed by atoms with Gasteiger partial charge in [0.15, 0.2) is 0 Å². The van der Waals surface area contributed by atoms with Gasteiger partial charge in [0.25, 0.3) is 5.91 Å². The molecule has 5 nitrogen and oxygen atoms in total. The smallest absolute Gasteiger partial charge is 1.00 e. The van der Waals surface area contributed by atoms with Crippen LogP contribution in [-0.4, -0.2) is 52.9 Å². The van der Waals surface area contributed by atoms with Crippen molar-refractivity contribution in [2.45, 2.75) is 51.7 Å². The number of halogens is 4. The Morgan fingerprint density at radius 3 is 2.38 bits per heavy atom. The molecule has 2 aliphatic rings. The SMILES string of the molecule is Cc1ncc(-c2ccc(C(=O)N3CCC(N4CCCC4)CC3)cc2)cc1OC(C)c1c(Cl)ccc(F)c1Cl.[Cl-].[H+]. The van der Waals surface area contributed by atoms with Crippen molar-refractivity contribution in [1.82, 2.24) is 14.8 Å². The summed E-state index contributed by atoms with van der Waals surface area (Å²) in [5.74, 6) is 0.0864. The number of rotatable bonds is 6. The van der Waals surface area contributed by atoms with Gasteiger partial charge in [-0.05, 0) is 88.5 Å². The van der Waals surface area contributed by atoms with E-state index in [1.807, 2.05) is 42.2 Å². The average molecular weight is 593 g/mol. The molecule has 5 rings (SSSR count). The van der Waals surface area contributed by atoms with E-state index in [1.165, 1.54) is 38.1 Å². The fourth-order valence-corrected chi connectivity index (χ4v) is 6.16. The predicted molar refractivity (Wildman–Crippen MR) is 151 cm³/mol. The number of hydrogen-bond donors (Lipinski definition) is 0. The van der Waals surface area contributed by atoms with Crippen LogP contribution in [0.2, 0.25) is 10.0 Å². The zero-order chi connectivity index (χ0) is 26.8. The Morgan fingerprint density at radius 1 is 1.05 bits per heavy atom. The summed E-state index contributed by atoms with van der Waals surface area (Å²) in [7, 11) is 0. The molecule has 2 fully saturated rings. The van der Waals surface area contributed by atoms with Gasteiger partial charge < -0.3 is 26.9 Å². The summed E-state index contributed by atoms with van der Waals surface area (Å²) in [6.07, 6.45) is 5.87. The molecule has 2 saturated heterocycles. The number of ether oxygens (including phenoxy) is 1. The number of piperidine rings is 1. The van der Waals surface area contributed by atoms with Crippen LogP contribution in [0.4, 0.5) is 4.39 Å². The Hall–Kier alpha value is -2.38. The Balaban J connectivity index is 0.00000220. The van der Waals surface area contributed by atoms with Crippen molar-refractivity contribution in [3.8, 4) is 16.9 Å². The summed E-state index contributed by atoms with van der Waals surface area (Å²) >= 11 is 12.5. The van der Waals surface area contributed by atoms with Crippen LogP contribution in [0.15, 0.2) is 48.7 Å². The van der Waals surface area contributed by atoms with Gasteiger partial charge in [-0.2, -0.15) is 0 Å². The van der Waals surface area contributed by atoms with E-state index in [-0.39, 0.29) is 24.8 Å². The van der Waals surface area contributed by atoms with Crippen LogP contribution in [-0.2, 0) is 0 Å². The van der Waals surface area contributed by atoms with Crippen molar-refractivity contribution in [3.05, 3.63) is 81.3 Å². The lowest BCUT2D eigenvalue weighted by Gasteiger charge is -2.36. The van der Waals surface area contributed by atoms with Crippen molar-refractivity contribution in [3.63, 3.8) is 0 Å². The first kappa shape index (κ1) is 29.6. The van der Waals surface area contributed by atoms with Gasteiger partial charge in [-0.3, -0.25) is 9.78 Å². The highest BCUT2D eigenvalue weighted by Crippen LogP contribution is 2.36. The number of carbonyl (C=O) groups is 1. The van der Waals surface area contributed by atoms with Crippen LogP contribution in [0.1, 0.15) is 61.8 Å². The van der Waals surface area contributed by atoms with Gasteiger partial charge in [-0.15, -0.1) is 0 Å². The zero-order valence-corrected chi connectivity index (χ0v) is 24.4. The maximum Gasteiger partial charge on any atom is 1.00 e. The summed E-state index contributed by atoms with van der Waals surface area (Å²) in [4.78, 5) is 22.2. The molecule has 0 spiro atoms. The molecular weight excluding hydrogens is 560 g/mol. The minimum Gasteiger partial charge on any atom is -1.00 e. The fourth-order valence-electron chi connectivity index (χ4n) is 5.48. The second kappa shape index (κ2) is 12.9. The Bertz CT molecular complexity index is 1310. The van der Waals surface area contributed by atoms with Crippen LogP contribution in [0.5, 0.6) is 5.75 Å². The number of hydrogen-bond acceptors (Lipinski definition) is 4. The van der Waals surface area contributed by atoms with Crippen molar-refractivity contribution in [2.24, 2.45) is 0 Å². The summed E-state index contributed by atoms with van der Waals surface area (Å²) in [5.41, 5.74) is 3.54. The molecule has 1 unspecified atom stereocenters. The van der Waals surface area contributed by atoms with Crippen molar-refractivity contribution < 1.29 is 27.8 Å². The van der Waals surface area contributed by atoms with Gasteiger partial charge >= 0.3 is 1.43 Å². The molecule has 9 heteroatoms. The van der Waals surface area contributed by atoms with Crippen LogP contribution < -0.4 is 17.1 Å². The predicted octanol–water partition coefficient (Wildman–Crippen LogP) is 4.46. The van der Waals surface area contributed by atoms with E-state index < -0.39 is 11.9 Å². The molecule has 39 heavy (non-hydrogen) atoms. The van der Waals surface area contributed by atoms with E-state index in [0.717, 1.165) is 37.1 Å². The van der Waals surface area contributed by atoms with Crippen LogP contribution in [0.25, 0.3) is 11.1 Å². The maximum atomic E-state index is 14.0. The Labute approximate surface area is 247 Å². The molecule has 0 radical (unpaired) electrons. The monoisotopic (exact) mass is 591 g/mol. The first-order chi connectivity index (χ1) is 18.3. The maximum absolute atomic E-state index is 14.0. The lowest BCUT2D eigenvalue weighted by atomic mass is 10.0. The highest BCUT2D eigenvalue weighted by Gasteiger charge is 2.28. The number of aryl methyl sites for hydroxylation is 1. The number of aromatic nitrogens is 1. The third-order valence-electron chi connectivity index (χ3n) is 7.70. The van der Waals surface area contributed by atoms with E-state index in [9.17, 15) is 9.18 Å². The summed E-state index contributed by atoms with van der Waals surface area (Å²) in [6, 6.07) is 12.8. The summed E-state index contributed by atoms with van der Waals surface area (Å²) in [5, 5.41) is 0.290. The second-order valence-electron chi connectivity index (χ2n) is 10.2. The van der Waals surface area contributed by atoms with E-state index >= 15 is 0 Å². The van der Waals surface area contributed by atoms with E-state index in [0.29, 0.717) is 33.6 Å². The molecule has 3 heterocycles. The first-order valence-electron chi connectivity index (χ1n) is 13.2. The number of likely N-dealkylation sites (tertiary alicyclic amines) is 2. The summed E-state index contributed by atoms with van der Waals surface area (Å²) < 4.78 is 20.2. The summed E-state index contributed by atoms with van der Waals surface area (Å²) in [6.45, 7) is 7.63. The van der Waals surface area contributed by atoms with Crippen molar-refractivity contribution >= 4 is 29.1 Å². The molecule has 208 valence electrons. The number of benzene rings is 2. The topological polar surface area (TPSA) is 45.7 Å². The van der Waals surface area contributed by atoms with Gasteiger partial charge in [-0.25, -0.2) is 4.39 Å². The van der Waals surface area contributed by atoms with Gasteiger partial charge in [0, 0.05) is 47.0 Å².